The Hall–Kier alpha value is -2.78. The van der Waals surface area contributed by atoms with Crippen LogP contribution < -0.4 is 15.6 Å². The Kier molecular flexibility index (Phi) is 7.56. The highest BCUT2D eigenvalue weighted by Gasteiger charge is 2.36. The van der Waals surface area contributed by atoms with Crippen molar-refractivity contribution in [3.63, 3.8) is 0 Å². The Morgan fingerprint density at radius 1 is 1.20 bits per heavy atom. The van der Waals surface area contributed by atoms with E-state index in [-0.39, 0.29) is 34.4 Å². The standard InChI is InChI=1S/C26H32N2O6S/c1-14(2)34-26(31)20-11-18-15(3)35-23-13-22(33-10-6-9-32-5)21(27-16(4)29)12-19(23)24(18)28(25(20)30)17-7-8-17/h11-15,17H,6-10H2,1-5H3,(H,27,29). The first-order chi connectivity index (χ1) is 16.7. The van der Waals surface area contributed by atoms with Crippen molar-refractivity contribution in [1.29, 1.82) is 0 Å². The van der Waals surface area contributed by atoms with Crippen LogP contribution in [0.5, 0.6) is 5.75 Å². The minimum Gasteiger partial charge on any atom is -0.491 e. The van der Waals surface area contributed by atoms with Crippen LogP contribution in [0, 0.1) is 0 Å². The smallest absolute Gasteiger partial charge is 0.344 e. The highest BCUT2D eigenvalue weighted by molar-refractivity contribution is 7.99. The van der Waals surface area contributed by atoms with E-state index in [0.29, 0.717) is 24.7 Å². The molecule has 1 aromatic heterocycles. The molecule has 8 nitrogen and oxygen atoms in total. The summed E-state index contributed by atoms with van der Waals surface area (Å²) in [6.45, 7) is 8.07. The Morgan fingerprint density at radius 3 is 2.57 bits per heavy atom. The largest absolute Gasteiger partial charge is 0.491 e. The summed E-state index contributed by atoms with van der Waals surface area (Å²) in [5, 5.41) is 2.87. The maximum atomic E-state index is 13.5. The lowest BCUT2D eigenvalue weighted by atomic mass is 9.99. The van der Waals surface area contributed by atoms with Gasteiger partial charge in [-0.25, -0.2) is 4.79 Å². The average Bonchev–Trinajstić information content (AvgIpc) is 3.61. The predicted molar refractivity (Wildman–Crippen MR) is 136 cm³/mol. The van der Waals surface area contributed by atoms with E-state index < -0.39 is 5.97 Å². The summed E-state index contributed by atoms with van der Waals surface area (Å²) in [6.07, 6.45) is 2.16. The molecule has 4 rings (SSSR count). The van der Waals surface area contributed by atoms with Crippen molar-refractivity contribution in [2.24, 2.45) is 0 Å². The molecule has 1 unspecified atom stereocenters. The van der Waals surface area contributed by atoms with Gasteiger partial charge >= 0.3 is 5.97 Å². The van der Waals surface area contributed by atoms with Crippen LogP contribution in [0.3, 0.4) is 0 Å². The summed E-state index contributed by atoms with van der Waals surface area (Å²) >= 11 is 1.64. The number of fused-ring (bicyclic) bond motifs is 3. The van der Waals surface area contributed by atoms with E-state index in [0.717, 1.165) is 41.0 Å². The number of rotatable bonds is 9. The number of methoxy groups -OCH3 is 1. The molecular formula is C26H32N2O6S. The zero-order chi connectivity index (χ0) is 25.3. The van der Waals surface area contributed by atoms with E-state index in [9.17, 15) is 14.4 Å². The molecule has 2 aliphatic rings. The minimum absolute atomic E-state index is 0.00153. The first-order valence-electron chi connectivity index (χ1n) is 12.0. The number of pyridine rings is 1. The van der Waals surface area contributed by atoms with Gasteiger partial charge in [-0.15, -0.1) is 11.8 Å². The summed E-state index contributed by atoms with van der Waals surface area (Å²) in [5.74, 6) is -0.227. The molecule has 1 fully saturated rings. The first-order valence-corrected chi connectivity index (χ1v) is 12.8. The fourth-order valence-corrected chi connectivity index (χ4v) is 5.39. The third-order valence-corrected chi connectivity index (χ3v) is 7.08. The monoisotopic (exact) mass is 500 g/mol. The van der Waals surface area contributed by atoms with Crippen molar-refractivity contribution >= 4 is 29.3 Å². The van der Waals surface area contributed by atoms with Crippen LogP contribution in [0.1, 0.15) is 74.2 Å². The van der Waals surface area contributed by atoms with Crippen LogP contribution in [0.2, 0.25) is 0 Å². The third-order valence-electron chi connectivity index (χ3n) is 5.88. The van der Waals surface area contributed by atoms with Gasteiger partial charge in [0.25, 0.3) is 5.56 Å². The Labute approximate surface area is 209 Å². The zero-order valence-electron chi connectivity index (χ0n) is 20.8. The lowest BCUT2D eigenvalue weighted by Crippen LogP contribution is -2.31. The Morgan fingerprint density at radius 2 is 1.94 bits per heavy atom. The molecule has 1 atom stereocenters. The van der Waals surface area contributed by atoms with Gasteiger partial charge in [0.05, 0.1) is 24.1 Å². The van der Waals surface area contributed by atoms with Crippen LogP contribution in [0.4, 0.5) is 5.69 Å². The van der Waals surface area contributed by atoms with Crippen molar-refractivity contribution in [3.05, 3.63) is 39.7 Å². The number of amides is 1. The van der Waals surface area contributed by atoms with E-state index in [1.165, 1.54) is 6.92 Å². The zero-order valence-corrected chi connectivity index (χ0v) is 21.6. The molecule has 1 amide bonds. The third kappa shape index (κ3) is 5.41. The van der Waals surface area contributed by atoms with Crippen LogP contribution in [-0.2, 0) is 14.3 Å². The number of benzene rings is 1. The second kappa shape index (κ2) is 10.5. The SMILES string of the molecule is COCCCOc1cc2c(cc1NC(C)=O)-c1c(cc(C(=O)OC(C)C)c(=O)n1C1CC1)C(C)S2. The Balaban J connectivity index is 1.86. The van der Waals surface area contributed by atoms with Crippen LogP contribution >= 0.6 is 11.8 Å². The molecule has 1 N–H and O–H groups in total. The van der Waals surface area contributed by atoms with Crippen LogP contribution in [0.15, 0.2) is 27.9 Å². The molecule has 0 spiro atoms. The van der Waals surface area contributed by atoms with Crippen molar-refractivity contribution in [3.8, 4) is 17.0 Å². The number of hydrogen-bond donors (Lipinski definition) is 1. The topological polar surface area (TPSA) is 95.9 Å². The number of nitrogens with one attached hydrogen (secondary N) is 1. The number of ether oxygens (including phenoxy) is 3. The number of hydrogen-bond acceptors (Lipinski definition) is 7. The normalized spacial score (nSPS) is 16.5. The van der Waals surface area contributed by atoms with E-state index in [4.69, 9.17) is 14.2 Å². The quantitative estimate of drug-likeness (QED) is 0.384. The van der Waals surface area contributed by atoms with Crippen molar-refractivity contribution < 1.29 is 23.8 Å². The number of thioether (sulfide) groups is 1. The first kappa shape index (κ1) is 25.3. The second-order valence-electron chi connectivity index (χ2n) is 9.20. The number of nitrogens with zero attached hydrogens (tertiary/aromatic N) is 1. The number of carbonyl (C=O) groups is 2. The summed E-state index contributed by atoms with van der Waals surface area (Å²) in [5.41, 5.74) is 2.85. The second-order valence-corrected chi connectivity index (χ2v) is 10.6. The van der Waals surface area contributed by atoms with Gasteiger partial charge in [0, 0.05) is 48.8 Å². The summed E-state index contributed by atoms with van der Waals surface area (Å²) in [7, 11) is 1.64. The van der Waals surface area contributed by atoms with Gasteiger partial charge in [0.2, 0.25) is 5.91 Å². The molecule has 1 aliphatic carbocycles. The van der Waals surface area contributed by atoms with Gasteiger partial charge in [-0.2, -0.15) is 0 Å². The summed E-state index contributed by atoms with van der Waals surface area (Å²) in [6, 6.07) is 5.54. The molecular weight excluding hydrogens is 468 g/mol. The maximum Gasteiger partial charge on any atom is 0.344 e. The molecule has 2 heterocycles. The fraction of sp³-hybridized carbons (Fsp3) is 0.500. The van der Waals surface area contributed by atoms with Crippen molar-refractivity contribution in [1.82, 2.24) is 4.57 Å². The van der Waals surface area contributed by atoms with Gasteiger partial charge in [-0.05, 0) is 57.4 Å². The van der Waals surface area contributed by atoms with Gasteiger partial charge in [-0.3, -0.25) is 9.59 Å². The molecule has 1 aliphatic heterocycles. The lowest BCUT2D eigenvalue weighted by Gasteiger charge is -2.29. The van der Waals surface area contributed by atoms with E-state index >= 15 is 0 Å². The molecule has 35 heavy (non-hydrogen) atoms. The van der Waals surface area contributed by atoms with E-state index in [2.05, 4.69) is 12.2 Å². The summed E-state index contributed by atoms with van der Waals surface area (Å²) < 4.78 is 18.2. The van der Waals surface area contributed by atoms with E-state index in [1.54, 1.807) is 43.4 Å². The maximum absolute atomic E-state index is 13.5. The number of carbonyl (C=O) groups excluding carboxylic acids is 2. The minimum atomic E-state index is -0.594. The number of esters is 1. The fourth-order valence-electron chi connectivity index (χ4n) is 4.25. The van der Waals surface area contributed by atoms with Gasteiger partial charge in [-0.1, -0.05) is 0 Å². The van der Waals surface area contributed by atoms with Crippen molar-refractivity contribution in [2.45, 2.75) is 69.2 Å². The molecule has 0 radical (unpaired) electrons. The number of aromatic nitrogens is 1. The molecule has 1 aromatic carbocycles. The Bertz CT molecular complexity index is 1200. The molecule has 0 saturated heterocycles. The van der Waals surface area contributed by atoms with Gasteiger partial charge in [0.15, 0.2) is 0 Å². The highest BCUT2D eigenvalue weighted by Crippen LogP contribution is 2.53. The van der Waals surface area contributed by atoms with Gasteiger partial charge in [0.1, 0.15) is 11.3 Å². The molecule has 1 saturated carbocycles. The summed E-state index contributed by atoms with van der Waals surface area (Å²) in [4.78, 5) is 39.2. The predicted octanol–water partition coefficient (Wildman–Crippen LogP) is 4.96. The van der Waals surface area contributed by atoms with E-state index in [1.807, 2.05) is 12.1 Å². The van der Waals surface area contributed by atoms with Gasteiger partial charge < -0.3 is 24.1 Å². The lowest BCUT2D eigenvalue weighted by molar-refractivity contribution is -0.114. The molecule has 0 bridgehead atoms. The molecule has 9 heteroatoms. The van der Waals surface area contributed by atoms with Crippen molar-refractivity contribution in [2.75, 3.05) is 25.6 Å². The molecule has 188 valence electrons. The highest BCUT2D eigenvalue weighted by atomic mass is 32.2. The molecule has 2 aromatic rings. The average molecular weight is 501 g/mol. The number of anilines is 1. The van der Waals surface area contributed by atoms with Crippen LogP contribution in [-0.4, -0.2) is 42.9 Å². The van der Waals surface area contributed by atoms with Crippen LogP contribution in [0.25, 0.3) is 11.3 Å².